The molecule has 1 saturated heterocycles. The molecule has 0 amide bonds. The molecule has 3 N–H and O–H groups in total. The van der Waals surface area contributed by atoms with E-state index in [-0.39, 0.29) is 0 Å². The lowest BCUT2D eigenvalue weighted by Crippen LogP contribution is -2.29. The molecule has 3 rings (SSSR count). The molecule has 1 aromatic carbocycles. The number of aryl methyl sites for hydroxylation is 1. The zero-order valence-electron chi connectivity index (χ0n) is 12.5. The molecule has 1 fully saturated rings. The molecule has 2 aromatic rings. The van der Waals surface area contributed by atoms with Gasteiger partial charge < -0.3 is 16.0 Å². The van der Waals surface area contributed by atoms with Crippen LogP contribution in [0.3, 0.4) is 0 Å². The Kier molecular flexibility index (Phi) is 3.95. The number of benzene rings is 1. The van der Waals surface area contributed by atoms with Gasteiger partial charge in [0.1, 0.15) is 0 Å². The Bertz CT molecular complexity index is 601. The van der Waals surface area contributed by atoms with Gasteiger partial charge in [0.05, 0.1) is 5.69 Å². The maximum Gasteiger partial charge on any atom is 0.153 e. The highest BCUT2D eigenvalue weighted by Gasteiger charge is 2.10. The molecule has 0 unspecified atom stereocenters. The fourth-order valence-electron chi connectivity index (χ4n) is 2.71. The van der Waals surface area contributed by atoms with Gasteiger partial charge in [-0.1, -0.05) is 0 Å². The number of nitrogens with one attached hydrogen (secondary N) is 1. The van der Waals surface area contributed by atoms with E-state index in [0.29, 0.717) is 5.69 Å². The molecule has 0 spiro atoms. The van der Waals surface area contributed by atoms with Crippen LogP contribution in [0.4, 0.5) is 22.9 Å². The third-order valence-corrected chi connectivity index (χ3v) is 3.92. The Balaban J connectivity index is 1.73. The fraction of sp³-hybridized carbons (Fsp3) is 0.353. The molecule has 1 aromatic heterocycles. The van der Waals surface area contributed by atoms with Gasteiger partial charge >= 0.3 is 0 Å². The standard InChI is InChI=1S/C17H22N4/c1-13-5-10-16(18)17(19-13)20-14-6-8-15(9-7-14)21-11-3-2-4-12-21/h5-10H,2-4,11-12,18H2,1H3,(H,19,20). The molecule has 110 valence electrons. The SMILES string of the molecule is Cc1ccc(N)c(Nc2ccc(N3CCCCC3)cc2)n1. The maximum atomic E-state index is 5.95. The summed E-state index contributed by atoms with van der Waals surface area (Å²) in [6.45, 7) is 4.29. The van der Waals surface area contributed by atoms with E-state index in [0.717, 1.165) is 17.2 Å². The van der Waals surface area contributed by atoms with Crippen molar-refractivity contribution in [2.24, 2.45) is 0 Å². The lowest BCUT2D eigenvalue weighted by Gasteiger charge is -2.28. The van der Waals surface area contributed by atoms with Crippen LogP contribution >= 0.6 is 0 Å². The lowest BCUT2D eigenvalue weighted by atomic mass is 10.1. The number of piperidine rings is 1. The molecule has 0 saturated carbocycles. The molecule has 0 bridgehead atoms. The van der Waals surface area contributed by atoms with Gasteiger partial charge in [-0.3, -0.25) is 0 Å². The number of anilines is 4. The molecule has 0 aliphatic carbocycles. The predicted molar refractivity (Wildman–Crippen MR) is 89.2 cm³/mol. The van der Waals surface area contributed by atoms with Crippen LogP contribution in [0.25, 0.3) is 0 Å². The Hall–Kier alpha value is -2.23. The van der Waals surface area contributed by atoms with E-state index in [2.05, 4.69) is 39.5 Å². The summed E-state index contributed by atoms with van der Waals surface area (Å²) in [7, 11) is 0. The van der Waals surface area contributed by atoms with Crippen LogP contribution in [0, 0.1) is 6.92 Å². The third-order valence-electron chi connectivity index (χ3n) is 3.92. The Morgan fingerprint density at radius 2 is 1.71 bits per heavy atom. The summed E-state index contributed by atoms with van der Waals surface area (Å²) in [6, 6.07) is 12.3. The van der Waals surface area contributed by atoms with Gasteiger partial charge in [-0.25, -0.2) is 4.98 Å². The van der Waals surface area contributed by atoms with Gasteiger partial charge in [-0.15, -0.1) is 0 Å². The number of aromatic nitrogens is 1. The van der Waals surface area contributed by atoms with Crippen LogP contribution in [0.1, 0.15) is 25.0 Å². The average molecular weight is 282 g/mol. The van der Waals surface area contributed by atoms with Crippen molar-refractivity contribution in [2.75, 3.05) is 29.0 Å². The zero-order valence-corrected chi connectivity index (χ0v) is 12.5. The van der Waals surface area contributed by atoms with Gasteiger partial charge in [-0.05, 0) is 62.6 Å². The van der Waals surface area contributed by atoms with Crippen molar-refractivity contribution in [1.82, 2.24) is 4.98 Å². The minimum absolute atomic E-state index is 0.667. The first-order valence-electron chi connectivity index (χ1n) is 7.57. The highest BCUT2D eigenvalue weighted by Crippen LogP contribution is 2.25. The van der Waals surface area contributed by atoms with Crippen LogP contribution < -0.4 is 16.0 Å². The molecule has 0 atom stereocenters. The summed E-state index contributed by atoms with van der Waals surface area (Å²) in [6.07, 6.45) is 3.95. The molecular formula is C17H22N4. The molecular weight excluding hydrogens is 260 g/mol. The summed E-state index contributed by atoms with van der Waals surface area (Å²) in [5.74, 6) is 0.723. The normalized spacial score (nSPS) is 15.0. The first kappa shape index (κ1) is 13.7. The van der Waals surface area contributed by atoms with Crippen LogP contribution in [0.5, 0.6) is 0 Å². The number of nitrogen functional groups attached to an aromatic ring is 1. The van der Waals surface area contributed by atoms with E-state index >= 15 is 0 Å². The summed E-state index contributed by atoms with van der Waals surface area (Å²) in [5.41, 5.74) is 9.88. The predicted octanol–water partition coefficient (Wildman–Crippen LogP) is 3.71. The number of hydrogen-bond donors (Lipinski definition) is 2. The van der Waals surface area contributed by atoms with Gasteiger partial charge in [0.2, 0.25) is 0 Å². The summed E-state index contributed by atoms with van der Waals surface area (Å²) < 4.78 is 0. The second-order valence-electron chi connectivity index (χ2n) is 5.61. The third kappa shape index (κ3) is 3.27. The molecule has 21 heavy (non-hydrogen) atoms. The topological polar surface area (TPSA) is 54.2 Å². The monoisotopic (exact) mass is 282 g/mol. The van der Waals surface area contributed by atoms with Crippen LogP contribution in [0.15, 0.2) is 36.4 Å². The van der Waals surface area contributed by atoms with E-state index in [1.54, 1.807) is 0 Å². The summed E-state index contributed by atoms with van der Waals surface area (Å²) in [5, 5.41) is 3.29. The van der Waals surface area contributed by atoms with E-state index < -0.39 is 0 Å². The summed E-state index contributed by atoms with van der Waals surface area (Å²) >= 11 is 0. The number of rotatable bonds is 3. The quantitative estimate of drug-likeness (QED) is 0.901. The van der Waals surface area contributed by atoms with Crippen LogP contribution in [-0.2, 0) is 0 Å². The van der Waals surface area contributed by atoms with Crippen molar-refractivity contribution in [1.29, 1.82) is 0 Å². The van der Waals surface area contributed by atoms with Crippen molar-refractivity contribution in [2.45, 2.75) is 26.2 Å². The van der Waals surface area contributed by atoms with Crippen molar-refractivity contribution >= 4 is 22.9 Å². The minimum atomic E-state index is 0.667. The smallest absolute Gasteiger partial charge is 0.153 e. The van der Waals surface area contributed by atoms with Crippen molar-refractivity contribution in [3.63, 3.8) is 0 Å². The second kappa shape index (κ2) is 6.04. The largest absolute Gasteiger partial charge is 0.396 e. The average Bonchev–Trinajstić information content (AvgIpc) is 2.53. The van der Waals surface area contributed by atoms with Gasteiger partial charge in [0.25, 0.3) is 0 Å². The molecule has 2 heterocycles. The Labute approximate surface area is 126 Å². The minimum Gasteiger partial charge on any atom is -0.396 e. The lowest BCUT2D eigenvalue weighted by molar-refractivity contribution is 0.578. The van der Waals surface area contributed by atoms with Crippen molar-refractivity contribution < 1.29 is 0 Å². The van der Waals surface area contributed by atoms with Gasteiger partial charge in [0.15, 0.2) is 5.82 Å². The van der Waals surface area contributed by atoms with E-state index in [1.807, 2.05) is 19.1 Å². The zero-order chi connectivity index (χ0) is 14.7. The molecule has 4 nitrogen and oxygen atoms in total. The number of nitrogens with zero attached hydrogens (tertiary/aromatic N) is 2. The second-order valence-corrected chi connectivity index (χ2v) is 5.61. The highest BCUT2D eigenvalue weighted by molar-refractivity contribution is 5.69. The summed E-state index contributed by atoms with van der Waals surface area (Å²) in [4.78, 5) is 6.88. The number of hydrogen-bond acceptors (Lipinski definition) is 4. The fourth-order valence-corrected chi connectivity index (χ4v) is 2.71. The Morgan fingerprint density at radius 3 is 2.43 bits per heavy atom. The highest BCUT2D eigenvalue weighted by atomic mass is 15.1. The molecule has 4 heteroatoms. The van der Waals surface area contributed by atoms with E-state index in [1.165, 1.54) is 38.0 Å². The number of pyridine rings is 1. The van der Waals surface area contributed by atoms with Crippen LogP contribution in [-0.4, -0.2) is 18.1 Å². The molecule has 1 aliphatic heterocycles. The van der Waals surface area contributed by atoms with E-state index in [9.17, 15) is 0 Å². The number of nitrogens with two attached hydrogens (primary N) is 1. The van der Waals surface area contributed by atoms with Gasteiger partial charge in [-0.2, -0.15) is 0 Å². The van der Waals surface area contributed by atoms with Crippen molar-refractivity contribution in [3.8, 4) is 0 Å². The molecule has 0 radical (unpaired) electrons. The van der Waals surface area contributed by atoms with Crippen LogP contribution in [0.2, 0.25) is 0 Å². The van der Waals surface area contributed by atoms with Crippen molar-refractivity contribution in [3.05, 3.63) is 42.1 Å². The Morgan fingerprint density at radius 1 is 1.00 bits per heavy atom. The maximum absolute atomic E-state index is 5.95. The first-order chi connectivity index (χ1) is 10.2. The van der Waals surface area contributed by atoms with Gasteiger partial charge in [0, 0.05) is 30.2 Å². The first-order valence-corrected chi connectivity index (χ1v) is 7.57. The van der Waals surface area contributed by atoms with E-state index in [4.69, 9.17) is 5.73 Å². The molecule has 1 aliphatic rings.